The lowest BCUT2D eigenvalue weighted by molar-refractivity contribution is 1.37. The summed E-state index contributed by atoms with van der Waals surface area (Å²) in [6.45, 7) is 2.05. The molecule has 19 heavy (non-hydrogen) atoms. The predicted octanol–water partition coefficient (Wildman–Crippen LogP) is 4.09. The van der Waals surface area contributed by atoms with E-state index in [1.165, 1.54) is 4.90 Å². The molecule has 98 valence electrons. The van der Waals surface area contributed by atoms with Crippen LogP contribution in [0.5, 0.6) is 0 Å². The first-order valence-electron chi connectivity index (χ1n) is 5.93. The molecule has 0 aliphatic carbocycles. The molecule has 0 aliphatic rings. The number of thioether (sulfide) groups is 1. The van der Waals surface area contributed by atoms with E-state index >= 15 is 0 Å². The number of anilines is 2. The molecule has 2 aromatic carbocycles. The summed E-state index contributed by atoms with van der Waals surface area (Å²) >= 11 is 6.83. The third kappa shape index (κ3) is 3.08. The Balaban J connectivity index is 2.46. The molecule has 0 unspecified atom stereocenters. The predicted molar refractivity (Wildman–Crippen MR) is 88.6 cm³/mol. The van der Waals surface area contributed by atoms with Gasteiger partial charge in [0.05, 0.1) is 11.4 Å². The van der Waals surface area contributed by atoms with E-state index in [9.17, 15) is 0 Å². The number of rotatable bonds is 4. The van der Waals surface area contributed by atoms with Crippen LogP contribution in [0.25, 0.3) is 0 Å². The van der Waals surface area contributed by atoms with Gasteiger partial charge < -0.3 is 11.1 Å². The topological polar surface area (TPSA) is 38.0 Å². The first kappa shape index (κ1) is 13.9. The van der Waals surface area contributed by atoms with E-state index in [0.717, 1.165) is 22.5 Å². The van der Waals surface area contributed by atoms with E-state index in [1.54, 1.807) is 11.8 Å². The maximum Gasteiger partial charge on any atom is 0.106 e. The van der Waals surface area contributed by atoms with Crippen LogP contribution < -0.4 is 11.1 Å². The molecule has 4 heteroatoms. The van der Waals surface area contributed by atoms with Gasteiger partial charge >= 0.3 is 0 Å². The Kier molecular flexibility index (Phi) is 4.45. The minimum atomic E-state index is 0.410. The number of para-hydroxylation sites is 2. The van der Waals surface area contributed by atoms with Gasteiger partial charge in [-0.05, 0) is 36.9 Å². The molecule has 0 heterocycles. The second-order valence-corrected chi connectivity index (χ2v) is 5.47. The molecule has 0 aliphatic heterocycles. The summed E-state index contributed by atoms with van der Waals surface area (Å²) in [6, 6.07) is 14.2. The Morgan fingerprint density at radius 2 is 1.89 bits per heavy atom. The SMILES string of the molecule is CSc1ccccc1Nc1c(C)cccc1C(N)=S. The number of benzene rings is 2. The van der Waals surface area contributed by atoms with Crippen molar-refractivity contribution in [3.05, 3.63) is 53.6 Å². The van der Waals surface area contributed by atoms with E-state index in [4.69, 9.17) is 18.0 Å². The Bertz CT molecular complexity index is 609. The molecule has 0 amide bonds. The highest BCUT2D eigenvalue weighted by atomic mass is 32.2. The van der Waals surface area contributed by atoms with Gasteiger partial charge in [-0.3, -0.25) is 0 Å². The van der Waals surface area contributed by atoms with E-state index in [-0.39, 0.29) is 0 Å². The highest BCUT2D eigenvalue weighted by molar-refractivity contribution is 7.98. The van der Waals surface area contributed by atoms with Gasteiger partial charge in [-0.25, -0.2) is 0 Å². The minimum Gasteiger partial charge on any atom is -0.389 e. The molecule has 3 N–H and O–H groups in total. The van der Waals surface area contributed by atoms with Gasteiger partial charge in [0.15, 0.2) is 0 Å². The van der Waals surface area contributed by atoms with Crippen LogP contribution in [0.2, 0.25) is 0 Å². The van der Waals surface area contributed by atoms with E-state index < -0.39 is 0 Å². The highest BCUT2D eigenvalue weighted by Crippen LogP contribution is 2.30. The normalized spacial score (nSPS) is 10.2. The molecule has 2 rings (SSSR count). The van der Waals surface area contributed by atoms with E-state index in [1.807, 2.05) is 37.3 Å². The van der Waals surface area contributed by atoms with Crippen LogP contribution in [0.15, 0.2) is 47.4 Å². The second kappa shape index (κ2) is 6.08. The minimum absolute atomic E-state index is 0.410. The van der Waals surface area contributed by atoms with Gasteiger partial charge in [-0.1, -0.05) is 36.5 Å². The second-order valence-electron chi connectivity index (χ2n) is 4.19. The van der Waals surface area contributed by atoms with Crippen molar-refractivity contribution >= 4 is 40.3 Å². The Hall–Kier alpha value is -1.52. The van der Waals surface area contributed by atoms with Crippen LogP contribution in [0.1, 0.15) is 11.1 Å². The van der Waals surface area contributed by atoms with Crippen LogP contribution >= 0.6 is 24.0 Å². The van der Waals surface area contributed by atoms with E-state index in [0.29, 0.717) is 4.99 Å². The van der Waals surface area contributed by atoms with E-state index in [2.05, 4.69) is 23.7 Å². The maximum atomic E-state index is 5.79. The molecule has 0 radical (unpaired) electrons. The zero-order valence-corrected chi connectivity index (χ0v) is 12.6. The summed E-state index contributed by atoms with van der Waals surface area (Å²) < 4.78 is 0. The summed E-state index contributed by atoms with van der Waals surface area (Å²) in [5.41, 5.74) is 9.85. The number of nitrogens with two attached hydrogens (primary N) is 1. The first-order chi connectivity index (χ1) is 9.13. The summed E-state index contributed by atoms with van der Waals surface area (Å²) in [7, 11) is 0. The van der Waals surface area contributed by atoms with Crippen molar-refractivity contribution in [3.8, 4) is 0 Å². The van der Waals surface area contributed by atoms with Crippen LogP contribution in [0, 0.1) is 6.92 Å². The van der Waals surface area contributed by atoms with Crippen LogP contribution in [0.3, 0.4) is 0 Å². The molecule has 0 atom stereocenters. The van der Waals surface area contributed by atoms with Gasteiger partial charge in [0.2, 0.25) is 0 Å². The molecule has 0 saturated carbocycles. The molecule has 0 spiro atoms. The fourth-order valence-electron chi connectivity index (χ4n) is 1.92. The molecule has 0 fully saturated rings. The third-order valence-corrected chi connectivity index (χ3v) is 3.92. The summed E-state index contributed by atoms with van der Waals surface area (Å²) in [5.74, 6) is 0. The van der Waals surface area contributed by atoms with Crippen LogP contribution in [-0.4, -0.2) is 11.2 Å². The van der Waals surface area contributed by atoms with Gasteiger partial charge in [0.1, 0.15) is 4.99 Å². The first-order valence-corrected chi connectivity index (χ1v) is 7.56. The Morgan fingerprint density at radius 1 is 1.16 bits per heavy atom. The van der Waals surface area contributed by atoms with Gasteiger partial charge in [-0.2, -0.15) is 0 Å². The Labute approximate surface area is 123 Å². The van der Waals surface area contributed by atoms with Crippen LogP contribution in [-0.2, 0) is 0 Å². The zero-order chi connectivity index (χ0) is 13.8. The van der Waals surface area contributed by atoms with Gasteiger partial charge in [-0.15, -0.1) is 11.8 Å². The molecule has 0 bridgehead atoms. The largest absolute Gasteiger partial charge is 0.389 e. The number of hydrogen-bond acceptors (Lipinski definition) is 3. The fraction of sp³-hybridized carbons (Fsp3) is 0.133. The molecule has 0 aromatic heterocycles. The standard InChI is InChI=1S/C15H16N2S2/c1-10-6-5-7-11(15(16)18)14(10)17-12-8-3-4-9-13(12)19-2/h3-9,17H,1-2H3,(H2,16,18). The lowest BCUT2D eigenvalue weighted by atomic mass is 10.1. The number of nitrogens with one attached hydrogen (secondary N) is 1. The summed E-state index contributed by atoms with van der Waals surface area (Å²) in [4.78, 5) is 1.60. The van der Waals surface area contributed by atoms with Gasteiger partial charge in [0, 0.05) is 10.5 Å². The third-order valence-electron chi connectivity index (χ3n) is 2.90. The van der Waals surface area contributed by atoms with Crippen molar-refractivity contribution in [2.24, 2.45) is 5.73 Å². The highest BCUT2D eigenvalue weighted by Gasteiger charge is 2.09. The summed E-state index contributed by atoms with van der Waals surface area (Å²) in [5, 5.41) is 3.45. The smallest absolute Gasteiger partial charge is 0.106 e. The fourth-order valence-corrected chi connectivity index (χ4v) is 2.65. The summed E-state index contributed by atoms with van der Waals surface area (Å²) in [6.07, 6.45) is 2.06. The number of hydrogen-bond donors (Lipinski definition) is 2. The van der Waals surface area contributed by atoms with Crippen molar-refractivity contribution in [2.75, 3.05) is 11.6 Å². The lowest BCUT2D eigenvalue weighted by Crippen LogP contribution is -2.12. The average Bonchev–Trinajstić information content (AvgIpc) is 2.41. The molecular formula is C15H16N2S2. The zero-order valence-electron chi connectivity index (χ0n) is 10.9. The molecule has 2 nitrogen and oxygen atoms in total. The van der Waals surface area contributed by atoms with Crippen molar-refractivity contribution in [2.45, 2.75) is 11.8 Å². The van der Waals surface area contributed by atoms with Crippen molar-refractivity contribution in [1.82, 2.24) is 0 Å². The monoisotopic (exact) mass is 288 g/mol. The molecule has 0 saturated heterocycles. The quantitative estimate of drug-likeness (QED) is 0.656. The van der Waals surface area contributed by atoms with Crippen molar-refractivity contribution < 1.29 is 0 Å². The number of aryl methyl sites for hydroxylation is 1. The molecular weight excluding hydrogens is 272 g/mol. The average molecular weight is 288 g/mol. The lowest BCUT2D eigenvalue weighted by Gasteiger charge is -2.16. The maximum absolute atomic E-state index is 5.79. The van der Waals surface area contributed by atoms with Crippen molar-refractivity contribution in [3.63, 3.8) is 0 Å². The molecule has 2 aromatic rings. The Morgan fingerprint density at radius 3 is 2.58 bits per heavy atom. The van der Waals surface area contributed by atoms with Crippen LogP contribution in [0.4, 0.5) is 11.4 Å². The van der Waals surface area contributed by atoms with Gasteiger partial charge in [0.25, 0.3) is 0 Å². The number of thiocarbonyl (C=S) groups is 1. The van der Waals surface area contributed by atoms with Crippen molar-refractivity contribution in [1.29, 1.82) is 0 Å².